The maximum Gasteiger partial charge on any atom is 0.283 e. The highest BCUT2D eigenvalue weighted by Gasteiger charge is 2.35. The zero-order valence-corrected chi connectivity index (χ0v) is 19.6. The fourth-order valence-electron chi connectivity index (χ4n) is 3.98. The molecule has 160 valence electrons. The molecule has 3 heterocycles. The van der Waals surface area contributed by atoms with Gasteiger partial charge in [0.2, 0.25) is 5.17 Å². The molecule has 1 aromatic carbocycles. The lowest BCUT2D eigenvalue weighted by atomic mass is 10.1. The van der Waals surface area contributed by atoms with Crippen LogP contribution in [0.25, 0.3) is 11.8 Å². The normalized spacial score (nSPS) is 17.5. The van der Waals surface area contributed by atoms with Crippen LogP contribution in [0.2, 0.25) is 0 Å². The molecular weight excluding hydrogens is 406 g/mol. The van der Waals surface area contributed by atoms with Gasteiger partial charge in [-0.2, -0.15) is 15.1 Å². The van der Waals surface area contributed by atoms with Crippen LogP contribution in [0.15, 0.2) is 39.9 Å². The molecule has 2 aliphatic heterocycles. The Morgan fingerprint density at radius 3 is 2.58 bits per heavy atom. The van der Waals surface area contributed by atoms with Crippen LogP contribution in [0.5, 0.6) is 0 Å². The first-order valence-electron chi connectivity index (χ1n) is 10.4. The number of nitrogens with zero attached hydrogens (tertiary/aromatic N) is 4. The summed E-state index contributed by atoms with van der Waals surface area (Å²) in [4.78, 5) is 17.0. The summed E-state index contributed by atoms with van der Waals surface area (Å²) in [6.45, 7) is 12.5. The molecule has 0 atom stereocenters. The van der Waals surface area contributed by atoms with Crippen molar-refractivity contribution in [1.82, 2.24) is 9.58 Å². The van der Waals surface area contributed by atoms with Crippen molar-refractivity contribution in [3.8, 4) is 5.69 Å². The maximum atomic E-state index is 12.8. The minimum absolute atomic E-state index is 0.0811. The fraction of sp³-hybridized carbons (Fsp3) is 0.333. The summed E-state index contributed by atoms with van der Waals surface area (Å²) in [6.07, 6.45) is 2.58. The van der Waals surface area contributed by atoms with E-state index in [1.807, 2.05) is 13.0 Å². The highest BCUT2D eigenvalue weighted by atomic mass is 32.2. The number of carbonyl (C=O) groups is 1. The number of amidine groups is 2. The smallest absolute Gasteiger partial charge is 0.283 e. The minimum atomic E-state index is -0.388. The second-order valence-electron chi connectivity index (χ2n) is 8.56. The van der Waals surface area contributed by atoms with Crippen LogP contribution >= 0.6 is 11.8 Å². The molecule has 2 aromatic rings. The lowest BCUT2D eigenvalue weighted by Gasteiger charge is -2.20. The second-order valence-corrected chi connectivity index (χ2v) is 9.60. The van der Waals surface area contributed by atoms with Gasteiger partial charge in [0.1, 0.15) is 5.04 Å². The van der Waals surface area contributed by atoms with E-state index in [0.717, 1.165) is 34.1 Å². The third-order valence-corrected chi connectivity index (χ3v) is 6.37. The van der Waals surface area contributed by atoms with Crippen LogP contribution in [0.3, 0.4) is 0 Å². The first kappa shape index (κ1) is 21.3. The molecule has 1 N–H and O–H groups in total. The van der Waals surface area contributed by atoms with Crippen molar-refractivity contribution in [3.63, 3.8) is 0 Å². The van der Waals surface area contributed by atoms with Gasteiger partial charge in [0.15, 0.2) is 5.84 Å². The predicted octanol–water partition coefficient (Wildman–Crippen LogP) is 5.38. The van der Waals surface area contributed by atoms with Crippen molar-refractivity contribution in [1.29, 1.82) is 5.41 Å². The van der Waals surface area contributed by atoms with Gasteiger partial charge in [-0.25, -0.2) is 0 Å². The number of hydrazone groups is 1. The number of benzene rings is 1. The van der Waals surface area contributed by atoms with E-state index >= 15 is 0 Å². The standard InChI is InChI=1S/C24H27N5OS/c1-13(2)9-21-27-29-22(25)19(23(30)26-24(29)31-21)12-18-11-16(5)28(17(18)6)20-8-7-14(3)10-15(20)4/h7-8,10-13,25H,9H2,1-6H3/b19-12+,25-22?. The maximum absolute atomic E-state index is 12.8. The molecule has 1 amide bonds. The summed E-state index contributed by atoms with van der Waals surface area (Å²) in [5, 5.41) is 16.0. The molecule has 7 heteroatoms. The second kappa shape index (κ2) is 7.96. The van der Waals surface area contributed by atoms with E-state index in [4.69, 9.17) is 5.41 Å². The summed E-state index contributed by atoms with van der Waals surface area (Å²) in [5.41, 5.74) is 6.80. The average molecular weight is 434 g/mol. The molecule has 31 heavy (non-hydrogen) atoms. The zero-order chi connectivity index (χ0) is 22.4. The Labute approximate surface area is 187 Å². The van der Waals surface area contributed by atoms with Crippen LogP contribution in [0, 0.1) is 39.0 Å². The molecule has 0 fully saturated rings. The van der Waals surface area contributed by atoms with Gasteiger partial charge in [-0.1, -0.05) is 31.5 Å². The van der Waals surface area contributed by atoms with Gasteiger partial charge < -0.3 is 4.57 Å². The molecule has 0 saturated heterocycles. The van der Waals surface area contributed by atoms with Crippen molar-refractivity contribution in [3.05, 3.63) is 57.9 Å². The number of aromatic nitrogens is 1. The van der Waals surface area contributed by atoms with E-state index in [-0.39, 0.29) is 17.3 Å². The lowest BCUT2D eigenvalue weighted by Crippen LogP contribution is -2.35. The molecule has 0 spiro atoms. The average Bonchev–Trinajstić information content (AvgIpc) is 3.19. The number of aryl methyl sites for hydroxylation is 3. The monoisotopic (exact) mass is 433 g/mol. The molecule has 0 bridgehead atoms. The first-order chi connectivity index (χ1) is 14.7. The number of nitrogens with one attached hydrogen (secondary N) is 1. The number of amides is 1. The van der Waals surface area contributed by atoms with Crippen LogP contribution in [0.4, 0.5) is 0 Å². The van der Waals surface area contributed by atoms with Crippen molar-refractivity contribution < 1.29 is 4.79 Å². The van der Waals surface area contributed by atoms with Crippen molar-refractivity contribution in [2.75, 3.05) is 0 Å². The largest absolute Gasteiger partial charge is 0.318 e. The number of rotatable bonds is 4. The highest BCUT2D eigenvalue weighted by Crippen LogP contribution is 2.32. The van der Waals surface area contributed by atoms with Gasteiger partial charge in [0.05, 0.1) is 5.57 Å². The molecule has 2 aliphatic rings. The molecule has 1 aromatic heterocycles. The summed E-state index contributed by atoms with van der Waals surface area (Å²) in [7, 11) is 0. The van der Waals surface area contributed by atoms with E-state index in [2.05, 4.69) is 67.5 Å². The molecule has 4 rings (SSSR count). The van der Waals surface area contributed by atoms with Gasteiger partial charge in [0.25, 0.3) is 5.91 Å². The zero-order valence-electron chi connectivity index (χ0n) is 18.8. The highest BCUT2D eigenvalue weighted by molar-refractivity contribution is 8.26. The van der Waals surface area contributed by atoms with Gasteiger partial charge in [-0.3, -0.25) is 10.2 Å². The Hall–Kier alpha value is -2.93. The lowest BCUT2D eigenvalue weighted by molar-refractivity contribution is -0.114. The Balaban J connectivity index is 1.72. The van der Waals surface area contributed by atoms with Crippen LogP contribution < -0.4 is 0 Å². The molecule has 0 aliphatic carbocycles. The summed E-state index contributed by atoms with van der Waals surface area (Å²) >= 11 is 1.38. The number of carbonyl (C=O) groups excluding carboxylic acids is 1. The Kier molecular flexibility index (Phi) is 5.47. The topological polar surface area (TPSA) is 73.8 Å². The molecule has 0 radical (unpaired) electrons. The van der Waals surface area contributed by atoms with E-state index in [9.17, 15) is 4.79 Å². The third-order valence-electron chi connectivity index (χ3n) is 5.44. The van der Waals surface area contributed by atoms with Crippen molar-refractivity contribution in [2.45, 2.75) is 48.0 Å². The number of thioether (sulfide) groups is 1. The van der Waals surface area contributed by atoms with E-state index in [1.165, 1.54) is 27.9 Å². The van der Waals surface area contributed by atoms with Crippen LogP contribution in [0.1, 0.15) is 48.3 Å². The van der Waals surface area contributed by atoms with Gasteiger partial charge in [-0.15, -0.1) is 0 Å². The minimum Gasteiger partial charge on any atom is -0.318 e. The molecular formula is C24H27N5OS. The summed E-state index contributed by atoms with van der Waals surface area (Å²) in [5.74, 6) is 0.141. The van der Waals surface area contributed by atoms with E-state index < -0.39 is 0 Å². The van der Waals surface area contributed by atoms with Crippen LogP contribution in [-0.2, 0) is 4.79 Å². The van der Waals surface area contributed by atoms with Gasteiger partial charge in [-0.05, 0) is 74.7 Å². The Bertz CT molecular complexity index is 1200. The number of hydrogen-bond acceptors (Lipinski definition) is 4. The molecule has 0 saturated carbocycles. The van der Waals surface area contributed by atoms with Crippen molar-refractivity contribution in [2.24, 2.45) is 16.0 Å². The van der Waals surface area contributed by atoms with Gasteiger partial charge in [0, 0.05) is 23.5 Å². The first-order valence-corrected chi connectivity index (χ1v) is 11.2. The van der Waals surface area contributed by atoms with E-state index in [1.54, 1.807) is 6.08 Å². The van der Waals surface area contributed by atoms with Crippen molar-refractivity contribution >= 4 is 39.8 Å². The fourth-order valence-corrected chi connectivity index (χ4v) is 5.08. The number of hydrogen-bond donors (Lipinski definition) is 1. The summed E-state index contributed by atoms with van der Waals surface area (Å²) < 4.78 is 2.19. The quantitative estimate of drug-likeness (QED) is 0.658. The molecule has 0 unspecified atom stereocenters. The Morgan fingerprint density at radius 1 is 1.16 bits per heavy atom. The van der Waals surface area contributed by atoms with Crippen LogP contribution in [-0.4, -0.2) is 31.5 Å². The Morgan fingerprint density at radius 2 is 1.90 bits per heavy atom. The molecule has 6 nitrogen and oxygen atoms in total. The van der Waals surface area contributed by atoms with E-state index in [0.29, 0.717) is 11.1 Å². The predicted molar refractivity (Wildman–Crippen MR) is 129 cm³/mol. The van der Waals surface area contributed by atoms with Gasteiger partial charge >= 0.3 is 0 Å². The SMILES string of the molecule is Cc1ccc(-n2c(C)cc(/C=C3\C(=N)N4N=C(CC(C)C)SC4=NC3=O)c2C)c(C)c1. The summed E-state index contributed by atoms with van der Waals surface area (Å²) in [6, 6.07) is 8.44. The number of aliphatic imine (C=N–C) groups is 1. The third kappa shape index (κ3) is 3.90. The number of fused-ring (bicyclic) bond motifs is 1.